The summed E-state index contributed by atoms with van der Waals surface area (Å²) < 4.78 is 5.87. The van der Waals surface area contributed by atoms with E-state index in [1.807, 2.05) is 0 Å². The molecular weight excluding hydrogens is 524 g/mol. The number of amides is 4. The van der Waals surface area contributed by atoms with E-state index in [0.29, 0.717) is 47.4 Å². The van der Waals surface area contributed by atoms with Gasteiger partial charge in [0.15, 0.2) is 0 Å². The quantitative estimate of drug-likeness (QED) is 0.425. The van der Waals surface area contributed by atoms with Crippen LogP contribution in [0.4, 0.5) is 11.4 Å². The second kappa shape index (κ2) is 12.3. The number of benzene rings is 2. The summed E-state index contributed by atoms with van der Waals surface area (Å²) in [7, 11) is 0. The van der Waals surface area contributed by atoms with Crippen molar-refractivity contribution < 1.29 is 23.6 Å². The first kappa shape index (κ1) is 28.0. The van der Waals surface area contributed by atoms with Crippen LogP contribution in [0.25, 0.3) is 22.9 Å². The molecule has 2 aliphatic heterocycles. The first-order chi connectivity index (χ1) is 19.8. The Labute approximate surface area is 238 Å². The molecule has 1 aromatic heterocycles. The Kier molecular flexibility index (Phi) is 8.42. The monoisotopic (exact) mass is 558 g/mol. The van der Waals surface area contributed by atoms with E-state index in [4.69, 9.17) is 4.42 Å². The van der Waals surface area contributed by atoms with E-state index in [0.717, 1.165) is 25.7 Å². The highest BCUT2D eigenvalue weighted by Crippen LogP contribution is 2.27. The highest BCUT2D eigenvalue weighted by Gasteiger charge is 2.29. The van der Waals surface area contributed by atoms with Crippen LogP contribution in [-0.2, 0) is 19.2 Å². The number of likely N-dealkylation sites (tertiary alicyclic amines) is 2. The van der Waals surface area contributed by atoms with Crippen LogP contribution in [0, 0.1) is 0 Å². The third-order valence-corrected chi connectivity index (χ3v) is 7.66. The van der Waals surface area contributed by atoms with Crippen LogP contribution >= 0.6 is 0 Å². The number of rotatable bonds is 8. The van der Waals surface area contributed by atoms with Crippen molar-refractivity contribution in [1.29, 1.82) is 0 Å². The second-order valence-corrected chi connectivity index (χ2v) is 10.6. The van der Waals surface area contributed by atoms with Gasteiger partial charge in [-0.3, -0.25) is 19.2 Å². The molecule has 2 saturated heterocycles. The molecule has 5 rings (SSSR count). The highest BCUT2D eigenvalue weighted by molar-refractivity contribution is 5.92. The number of carbonyl (C=O) groups is 4. The summed E-state index contributed by atoms with van der Waals surface area (Å²) >= 11 is 0. The van der Waals surface area contributed by atoms with Gasteiger partial charge in [-0.1, -0.05) is 0 Å². The Morgan fingerprint density at radius 2 is 1.10 bits per heavy atom. The Hall–Kier alpha value is -4.54. The fourth-order valence-electron chi connectivity index (χ4n) is 5.63. The van der Waals surface area contributed by atoms with E-state index in [9.17, 15) is 19.2 Å². The van der Waals surface area contributed by atoms with Crippen molar-refractivity contribution in [2.45, 2.75) is 64.5 Å². The lowest BCUT2D eigenvalue weighted by Gasteiger charge is -2.22. The van der Waals surface area contributed by atoms with Crippen molar-refractivity contribution in [3.63, 3.8) is 0 Å². The molecule has 0 spiro atoms. The first-order valence-corrected chi connectivity index (χ1v) is 14.0. The molecule has 0 aliphatic carbocycles. The largest absolute Gasteiger partial charge is 0.416 e. The highest BCUT2D eigenvalue weighted by atomic mass is 16.4. The van der Waals surface area contributed by atoms with Crippen molar-refractivity contribution in [3.05, 3.63) is 48.5 Å². The lowest BCUT2D eigenvalue weighted by Crippen LogP contribution is -2.36. The van der Waals surface area contributed by atoms with Crippen molar-refractivity contribution in [3.8, 4) is 22.9 Å². The van der Waals surface area contributed by atoms with E-state index < -0.39 is 0 Å². The van der Waals surface area contributed by atoms with Crippen LogP contribution in [0.15, 0.2) is 52.9 Å². The molecule has 0 bridgehead atoms. The number of anilines is 2. The summed E-state index contributed by atoms with van der Waals surface area (Å²) in [4.78, 5) is 52.1. The number of hydrogen-bond donors (Lipinski definition) is 2. The van der Waals surface area contributed by atoms with Gasteiger partial charge in [0.1, 0.15) is 0 Å². The topological polar surface area (TPSA) is 138 Å². The smallest absolute Gasteiger partial charge is 0.248 e. The van der Waals surface area contributed by atoms with Gasteiger partial charge in [-0.15, -0.1) is 10.2 Å². The molecule has 0 radical (unpaired) electrons. The molecule has 2 aliphatic rings. The molecule has 11 nitrogen and oxygen atoms in total. The van der Waals surface area contributed by atoms with E-state index in [-0.39, 0.29) is 48.6 Å². The van der Waals surface area contributed by atoms with Crippen LogP contribution in [0.1, 0.15) is 52.4 Å². The number of aromatic nitrogens is 2. The molecule has 3 aromatic rings. The predicted molar refractivity (Wildman–Crippen MR) is 152 cm³/mol. The molecule has 2 N–H and O–H groups in total. The minimum Gasteiger partial charge on any atom is -0.416 e. The summed E-state index contributed by atoms with van der Waals surface area (Å²) in [6.45, 7) is 4.49. The van der Waals surface area contributed by atoms with E-state index in [1.165, 1.54) is 13.8 Å². The van der Waals surface area contributed by atoms with Crippen molar-refractivity contribution in [1.82, 2.24) is 20.0 Å². The number of carbonyl (C=O) groups excluding carboxylic acids is 4. The van der Waals surface area contributed by atoms with Gasteiger partial charge in [0.2, 0.25) is 35.4 Å². The van der Waals surface area contributed by atoms with E-state index in [1.54, 1.807) is 58.3 Å². The summed E-state index contributed by atoms with van der Waals surface area (Å²) in [5, 5.41) is 14.1. The van der Waals surface area contributed by atoms with Gasteiger partial charge >= 0.3 is 0 Å². The predicted octanol–water partition coefficient (Wildman–Crippen LogP) is 4.08. The molecule has 0 unspecified atom stereocenters. The van der Waals surface area contributed by atoms with Crippen LogP contribution in [0.2, 0.25) is 0 Å². The zero-order chi connectivity index (χ0) is 28.9. The van der Waals surface area contributed by atoms with Gasteiger partial charge in [-0.05, 0) is 74.2 Å². The van der Waals surface area contributed by atoms with Gasteiger partial charge < -0.3 is 24.9 Å². The fraction of sp³-hybridized carbons (Fsp3) is 0.400. The normalized spacial score (nSPS) is 18.4. The summed E-state index contributed by atoms with van der Waals surface area (Å²) in [5.74, 6) is 0.419. The van der Waals surface area contributed by atoms with Crippen LogP contribution in [0.5, 0.6) is 0 Å². The molecular formula is C30H34N6O5. The third-order valence-electron chi connectivity index (χ3n) is 7.66. The van der Waals surface area contributed by atoms with E-state index in [2.05, 4.69) is 20.8 Å². The Morgan fingerprint density at radius 3 is 1.46 bits per heavy atom. The molecule has 2 aromatic carbocycles. The fourth-order valence-corrected chi connectivity index (χ4v) is 5.63. The molecule has 2 atom stereocenters. The molecule has 4 amide bonds. The lowest BCUT2D eigenvalue weighted by molar-refractivity contribution is -0.131. The zero-order valence-corrected chi connectivity index (χ0v) is 23.3. The molecule has 214 valence electrons. The van der Waals surface area contributed by atoms with Crippen molar-refractivity contribution in [2.75, 3.05) is 23.7 Å². The first-order valence-electron chi connectivity index (χ1n) is 14.0. The Morgan fingerprint density at radius 1 is 0.707 bits per heavy atom. The van der Waals surface area contributed by atoms with Gasteiger partial charge in [0.05, 0.1) is 0 Å². The van der Waals surface area contributed by atoms with Crippen LogP contribution < -0.4 is 10.6 Å². The van der Waals surface area contributed by atoms with E-state index >= 15 is 0 Å². The van der Waals surface area contributed by atoms with Crippen molar-refractivity contribution >= 4 is 35.0 Å². The molecule has 2 fully saturated rings. The van der Waals surface area contributed by atoms with Gasteiger partial charge in [-0.2, -0.15) is 0 Å². The van der Waals surface area contributed by atoms with Crippen molar-refractivity contribution in [2.24, 2.45) is 0 Å². The molecule has 0 saturated carbocycles. The number of hydrogen-bond acceptors (Lipinski definition) is 7. The minimum atomic E-state index is -0.132. The van der Waals surface area contributed by atoms with Gasteiger partial charge in [0, 0.05) is 74.4 Å². The van der Waals surface area contributed by atoms with Crippen LogP contribution in [0.3, 0.4) is 0 Å². The average Bonchev–Trinajstić information content (AvgIpc) is 3.71. The van der Waals surface area contributed by atoms with Gasteiger partial charge in [-0.25, -0.2) is 0 Å². The average molecular weight is 559 g/mol. The van der Waals surface area contributed by atoms with Crippen LogP contribution in [-0.4, -0.2) is 68.8 Å². The standard InChI is InChI=1S/C30H34N6O5/c1-19(37)35-15-3-5-25(35)17-27(39)31-23-11-7-21(8-12-23)29-33-34-30(41-29)22-9-13-24(14-10-22)32-28(40)18-26-6-4-16-36(26)20(2)38/h7-14,25-26H,3-6,15-18H2,1-2H3,(H,31,39)(H,32,40)/t25-,26-/m0/s1. The molecule has 41 heavy (non-hydrogen) atoms. The maximum absolute atomic E-state index is 12.5. The third kappa shape index (κ3) is 6.79. The maximum atomic E-state index is 12.5. The second-order valence-electron chi connectivity index (χ2n) is 10.6. The molecule has 3 heterocycles. The summed E-state index contributed by atoms with van der Waals surface area (Å²) in [6.07, 6.45) is 4.06. The lowest BCUT2D eigenvalue weighted by atomic mass is 10.1. The Bertz CT molecular complexity index is 1310. The van der Waals surface area contributed by atoms with Gasteiger partial charge in [0.25, 0.3) is 0 Å². The summed E-state index contributed by atoms with van der Waals surface area (Å²) in [5.41, 5.74) is 2.70. The summed E-state index contributed by atoms with van der Waals surface area (Å²) in [6, 6.07) is 14.2. The minimum absolute atomic E-state index is 0.00380. The Balaban J connectivity index is 1.14. The zero-order valence-electron chi connectivity index (χ0n) is 23.3. The SMILES string of the molecule is CC(=O)N1CCC[C@H]1CC(=O)Nc1ccc(-c2nnc(-c3ccc(NC(=O)C[C@@H]4CCCN4C(C)=O)cc3)o2)cc1. The molecule has 11 heteroatoms. The maximum Gasteiger partial charge on any atom is 0.248 e. The number of nitrogens with zero attached hydrogens (tertiary/aromatic N) is 4. The number of nitrogens with one attached hydrogen (secondary N) is 2.